The zero-order valence-electron chi connectivity index (χ0n) is 10.3. The number of hydrogen-bond donors (Lipinski definition) is 0. The molecule has 2 atom stereocenters. The minimum Gasteiger partial charge on any atom is -0.376 e. The van der Waals surface area contributed by atoms with Gasteiger partial charge in [-0.15, -0.1) is 0 Å². The molecule has 18 heavy (non-hydrogen) atoms. The van der Waals surface area contributed by atoms with Crippen LogP contribution in [0.1, 0.15) is 11.1 Å². The minimum absolute atomic E-state index is 0.717. The van der Waals surface area contributed by atoms with Crippen LogP contribution in [0.25, 0.3) is 0 Å². The average Bonchev–Trinajstić information content (AvgIpc) is 3.25. The Hall–Kier alpha value is -0.160. The van der Waals surface area contributed by atoms with E-state index in [2.05, 4.69) is 24.3 Å². The van der Waals surface area contributed by atoms with Gasteiger partial charge in [0.2, 0.25) is 0 Å². The predicted octanol–water partition coefficient (Wildman–Crippen LogP) is 2.95. The summed E-state index contributed by atoms with van der Waals surface area (Å²) in [6.07, 6.45) is 0. The third kappa shape index (κ3) is 4.19. The second kappa shape index (κ2) is 6.33. The second-order valence-corrected chi connectivity index (χ2v) is 7.38. The van der Waals surface area contributed by atoms with Gasteiger partial charge in [-0.3, -0.25) is 0 Å². The monoisotopic (exact) mass is 282 g/mol. The van der Waals surface area contributed by atoms with Crippen LogP contribution >= 0.6 is 23.5 Å². The van der Waals surface area contributed by atoms with E-state index in [-0.39, 0.29) is 0 Å². The Bertz CT molecular complexity index is 352. The predicted molar refractivity (Wildman–Crippen MR) is 78.2 cm³/mol. The van der Waals surface area contributed by atoms with Crippen LogP contribution < -0.4 is 0 Å². The molecule has 0 amide bonds. The summed E-state index contributed by atoms with van der Waals surface area (Å²) in [6, 6.07) is 8.44. The van der Waals surface area contributed by atoms with Crippen molar-refractivity contribution in [1.29, 1.82) is 0 Å². The van der Waals surface area contributed by atoms with Crippen LogP contribution in [0.3, 0.4) is 0 Å². The molecule has 98 valence electrons. The van der Waals surface area contributed by atoms with E-state index in [1.54, 1.807) is 0 Å². The highest BCUT2D eigenvalue weighted by atomic mass is 32.2. The number of ether oxygens (including phenoxy) is 2. The van der Waals surface area contributed by atoms with Crippen LogP contribution in [-0.4, -0.2) is 35.2 Å². The van der Waals surface area contributed by atoms with Gasteiger partial charge in [0, 0.05) is 22.0 Å². The van der Waals surface area contributed by atoms with Crippen molar-refractivity contribution < 1.29 is 9.47 Å². The fraction of sp³-hybridized carbons (Fsp3) is 0.571. The molecule has 2 unspecified atom stereocenters. The Labute approximate surface area is 117 Å². The van der Waals surface area contributed by atoms with Crippen molar-refractivity contribution in [3.8, 4) is 0 Å². The van der Waals surface area contributed by atoms with E-state index < -0.39 is 0 Å². The van der Waals surface area contributed by atoms with E-state index in [0.29, 0.717) is 0 Å². The molecule has 1 aromatic carbocycles. The number of thioether (sulfide) groups is 2. The smallest absolute Gasteiger partial charge is 0.0720 e. The largest absolute Gasteiger partial charge is 0.376 e. The molecule has 2 nitrogen and oxygen atoms in total. The summed E-state index contributed by atoms with van der Waals surface area (Å²) in [7, 11) is 0. The molecule has 2 fully saturated rings. The first kappa shape index (κ1) is 12.9. The number of rotatable bonds is 8. The normalized spacial score (nSPS) is 25.1. The van der Waals surface area contributed by atoms with Crippen molar-refractivity contribution in [2.45, 2.75) is 23.7 Å². The van der Waals surface area contributed by atoms with Gasteiger partial charge in [-0.05, 0) is 11.1 Å². The topological polar surface area (TPSA) is 18.5 Å². The highest BCUT2D eigenvalue weighted by Gasteiger charge is 2.23. The van der Waals surface area contributed by atoms with Crippen LogP contribution in [0.4, 0.5) is 0 Å². The summed E-state index contributed by atoms with van der Waals surface area (Å²) in [6.45, 7) is 3.21. The van der Waals surface area contributed by atoms with E-state index in [0.717, 1.165) is 36.9 Å². The molecule has 2 aliphatic rings. The highest BCUT2D eigenvalue weighted by Crippen LogP contribution is 2.31. The lowest BCUT2D eigenvalue weighted by molar-refractivity contribution is 0.114. The lowest BCUT2D eigenvalue weighted by atomic mass is 10.1. The summed E-state index contributed by atoms with van der Waals surface area (Å²) in [5.74, 6) is 2.54. The quantitative estimate of drug-likeness (QED) is 0.682. The molecular weight excluding hydrogens is 264 g/mol. The Morgan fingerprint density at radius 3 is 1.72 bits per heavy atom. The van der Waals surface area contributed by atoms with Gasteiger partial charge in [0.25, 0.3) is 0 Å². The zero-order chi connectivity index (χ0) is 12.2. The van der Waals surface area contributed by atoms with Gasteiger partial charge in [0.05, 0.1) is 26.4 Å². The Kier molecular flexibility index (Phi) is 4.52. The van der Waals surface area contributed by atoms with Gasteiger partial charge in [0.1, 0.15) is 0 Å². The van der Waals surface area contributed by atoms with Gasteiger partial charge < -0.3 is 9.47 Å². The fourth-order valence-electron chi connectivity index (χ4n) is 1.77. The summed E-state index contributed by atoms with van der Waals surface area (Å²) < 4.78 is 11.5. The van der Waals surface area contributed by atoms with Crippen molar-refractivity contribution in [3.63, 3.8) is 0 Å². The van der Waals surface area contributed by atoms with Gasteiger partial charge in [-0.2, -0.15) is 23.5 Å². The molecule has 2 aliphatic heterocycles. The number of benzene rings is 1. The third-order valence-corrected chi connectivity index (χ3v) is 4.93. The van der Waals surface area contributed by atoms with E-state index in [1.165, 1.54) is 22.6 Å². The van der Waals surface area contributed by atoms with Gasteiger partial charge in [-0.1, -0.05) is 24.3 Å². The van der Waals surface area contributed by atoms with Crippen LogP contribution in [0, 0.1) is 0 Å². The zero-order valence-corrected chi connectivity index (χ0v) is 12.0. The van der Waals surface area contributed by atoms with Crippen LogP contribution in [0.15, 0.2) is 24.3 Å². The minimum atomic E-state index is 0.717. The van der Waals surface area contributed by atoms with Crippen molar-refractivity contribution in [2.75, 3.05) is 24.7 Å². The molecule has 3 rings (SSSR count). The Morgan fingerprint density at radius 2 is 1.33 bits per heavy atom. The summed E-state index contributed by atoms with van der Waals surface area (Å²) in [4.78, 5) is 0. The number of hydrogen-bond acceptors (Lipinski definition) is 4. The highest BCUT2D eigenvalue weighted by molar-refractivity contribution is 8.07. The summed E-state index contributed by atoms with van der Waals surface area (Å²) >= 11 is 3.96. The molecule has 0 N–H and O–H groups in total. The van der Waals surface area contributed by atoms with Crippen LogP contribution in [0.5, 0.6) is 0 Å². The van der Waals surface area contributed by atoms with Crippen molar-refractivity contribution in [3.05, 3.63) is 35.4 Å². The maximum absolute atomic E-state index is 5.74. The third-order valence-electron chi connectivity index (χ3n) is 3.05. The first-order valence-corrected chi connectivity index (χ1v) is 8.47. The molecule has 2 heterocycles. The maximum Gasteiger partial charge on any atom is 0.0720 e. The lowest BCUT2D eigenvalue weighted by Gasteiger charge is -2.10. The van der Waals surface area contributed by atoms with Crippen molar-refractivity contribution in [2.24, 2.45) is 0 Å². The van der Waals surface area contributed by atoms with E-state index >= 15 is 0 Å². The molecule has 0 saturated carbocycles. The molecule has 0 bridgehead atoms. The van der Waals surface area contributed by atoms with Crippen LogP contribution in [-0.2, 0) is 22.7 Å². The van der Waals surface area contributed by atoms with E-state index in [4.69, 9.17) is 9.47 Å². The van der Waals surface area contributed by atoms with E-state index in [9.17, 15) is 0 Å². The molecule has 1 aromatic rings. The first-order chi connectivity index (χ1) is 8.92. The Balaban J connectivity index is 1.46. The molecule has 0 radical (unpaired) electrons. The van der Waals surface area contributed by atoms with Crippen molar-refractivity contribution >= 4 is 23.5 Å². The first-order valence-electron chi connectivity index (χ1n) is 6.37. The van der Waals surface area contributed by atoms with Gasteiger partial charge in [0.15, 0.2) is 0 Å². The van der Waals surface area contributed by atoms with E-state index in [1.807, 2.05) is 23.5 Å². The summed E-state index contributed by atoms with van der Waals surface area (Å²) in [5.41, 5.74) is 2.54. The molecule has 4 heteroatoms. The standard InChI is InChI=1S/C14H18O2S2/c1-2-4-12(6-16-8-14-10-18-14)11(3-1)5-15-7-13-9-17-13/h1-4,13-14H,5-10H2. The molecule has 0 aliphatic carbocycles. The molecule has 0 aromatic heterocycles. The lowest BCUT2D eigenvalue weighted by Crippen LogP contribution is -2.05. The maximum atomic E-state index is 5.74. The SMILES string of the molecule is c1ccc(COCC2CS2)c(COCC2CS2)c1. The molecular formula is C14H18O2S2. The Morgan fingerprint density at radius 1 is 0.889 bits per heavy atom. The van der Waals surface area contributed by atoms with Crippen molar-refractivity contribution in [1.82, 2.24) is 0 Å². The molecule has 0 spiro atoms. The summed E-state index contributed by atoms with van der Waals surface area (Å²) in [5, 5.41) is 1.50. The fourth-order valence-corrected chi connectivity index (χ4v) is 2.62. The second-order valence-electron chi connectivity index (χ2n) is 4.71. The van der Waals surface area contributed by atoms with Gasteiger partial charge in [-0.25, -0.2) is 0 Å². The average molecular weight is 282 g/mol. The van der Waals surface area contributed by atoms with Gasteiger partial charge >= 0.3 is 0 Å². The molecule has 2 saturated heterocycles. The van der Waals surface area contributed by atoms with Crippen LogP contribution in [0.2, 0.25) is 0 Å².